The highest BCUT2D eigenvalue weighted by Crippen LogP contribution is 2.44. The second-order valence-corrected chi connectivity index (χ2v) is 11.6. The van der Waals surface area contributed by atoms with E-state index in [1.807, 2.05) is 24.3 Å². The Morgan fingerprint density at radius 2 is 1.80 bits per heavy atom. The van der Waals surface area contributed by atoms with Crippen LogP contribution in [0.1, 0.15) is 24.4 Å². The number of ether oxygens (including phenoxy) is 3. The van der Waals surface area contributed by atoms with Crippen molar-refractivity contribution >= 4 is 14.4 Å². The molecule has 0 radical (unpaired) electrons. The standard InChI is InChI=1S/C18H29NO5Si/c1-21-15-10-8-14(9-11-15)16-18(23-3,24-25(4,5)6)12-7-13-19(16)17(20)22-2/h8-11,16H,7,12-13H2,1-6H3. The molecule has 1 amide bonds. The van der Waals surface area contributed by atoms with Crippen LogP contribution in [0.3, 0.4) is 0 Å². The van der Waals surface area contributed by atoms with E-state index in [4.69, 9.17) is 18.6 Å². The van der Waals surface area contributed by atoms with Gasteiger partial charge < -0.3 is 18.6 Å². The molecule has 2 atom stereocenters. The van der Waals surface area contributed by atoms with Gasteiger partial charge in [-0.3, -0.25) is 4.90 Å². The van der Waals surface area contributed by atoms with Crippen LogP contribution < -0.4 is 4.74 Å². The molecular weight excluding hydrogens is 338 g/mol. The van der Waals surface area contributed by atoms with Crippen molar-refractivity contribution in [3.05, 3.63) is 29.8 Å². The molecule has 1 aliphatic rings. The Balaban J connectivity index is 2.52. The van der Waals surface area contributed by atoms with Crippen LogP contribution in [0.25, 0.3) is 0 Å². The summed E-state index contributed by atoms with van der Waals surface area (Å²) in [6.07, 6.45) is 1.14. The fourth-order valence-electron chi connectivity index (χ4n) is 3.41. The van der Waals surface area contributed by atoms with Crippen molar-refractivity contribution in [2.45, 2.75) is 44.3 Å². The van der Waals surface area contributed by atoms with Gasteiger partial charge in [0.2, 0.25) is 0 Å². The Bertz CT molecular complexity index is 586. The maximum absolute atomic E-state index is 12.4. The molecule has 7 heteroatoms. The van der Waals surface area contributed by atoms with Crippen molar-refractivity contribution in [2.75, 3.05) is 27.9 Å². The molecule has 1 aliphatic heterocycles. The minimum absolute atomic E-state index is 0.374. The number of methoxy groups -OCH3 is 3. The van der Waals surface area contributed by atoms with Crippen LogP contribution in [-0.4, -0.2) is 53.0 Å². The summed E-state index contributed by atoms with van der Waals surface area (Å²) in [6, 6.07) is 7.29. The lowest BCUT2D eigenvalue weighted by molar-refractivity contribution is -0.229. The Hall–Kier alpha value is -1.57. The summed E-state index contributed by atoms with van der Waals surface area (Å²) in [5, 5.41) is 0. The van der Waals surface area contributed by atoms with E-state index in [1.54, 1.807) is 19.1 Å². The summed E-state index contributed by atoms with van der Waals surface area (Å²) in [5.41, 5.74) is 0.936. The first-order valence-corrected chi connectivity index (χ1v) is 11.9. The first-order valence-electron chi connectivity index (χ1n) is 8.50. The highest BCUT2D eigenvalue weighted by atomic mass is 28.4. The fraction of sp³-hybridized carbons (Fsp3) is 0.611. The van der Waals surface area contributed by atoms with Gasteiger partial charge in [0, 0.05) is 20.1 Å². The molecule has 1 aromatic rings. The predicted molar refractivity (Wildman–Crippen MR) is 98.3 cm³/mol. The fourth-order valence-corrected chi connectivity index (χ4v) is 4.75. The smallest absolute Gasteiger partial charge is 0.410 e. The van der Waals surface area contributed by atoms with Crippen molar-refractivity contribution in [1.82, 2.24) is 4.90 Å². The highest BCUT2D eigenvalue weighted by molar-refractivity contribution is 6.69. The van der Waals surface area contributed by atoms with E-state index < -0.39 is 14.1 Å². The number of carbonyl (C=O) groups is 1. The van der Waals surface area contributed by atoms with Crippen LogP contribution in [0.15, 0.2) is 24.3 Å². The number of nitrogens with zero attached hydrogens (tertiary/aromatic N) is 1. The third-order valence-electron chi connectivity index (χ3n) is 4.32. The van der Waals surface area contributed by atoms with Crippen LogP contribution in [0.5, 0.6) is 5.75 Å². The topological polar surface area (TPSA) is 57.2 Å². The van der Waals surface area contributed by atoms with Gasteiger partial charge in [0.15, 0.2) is 14.1 Å². The molecule has 0 aliphatic carbocycles. The molecule has 0 N–H and O–H groups in total. The second kappa shape index (κ2) is 7.76. The van der Waals surface area contributed by atoms with Crippen molar-refractivity contribution in [3.8, 4) is 5.75 Å². The number of hydrogen-bond acceptors (Lipinski definition) is 5. The molecule has 2 rings (SSSR count). The quantitative estimate of drug-likeness (QED) is 0.585. The van der Waals surface area contributed by atoms with Gasteiger partial charge >= 0.3 is 6.09 Å². The molecule has 0 aromatic heterocycles. The molecule has 2 unspecified atom stereocenters. The van der Waals surface area contributed by atoms with E-state index in [0.717, 1.165) is 24.2 Å². The van der Waals surface area contributed by atoms with Gasteiger partial charge in [-0.2, -0.15) is 0 Å². The van der Waals surface area contributed by atoms with E-state index in [2.05, 4.69) is 19.6 Å². The Morgan fingerprint density at radius 1 is 1.16 bits per heavy atom. The summed E-state index contributed by atoms with van der Waals surface area (Å²) in [4.78, 5) is 14.1. The Labute approximate surface area is 151 Å². The second-order valence-electron chi connectivity index (χ2n) is 7.17. The number of rotatable bonds is 5. The molecule has 6 nitrogen and oxygen atoms in total. The normalized spacial score (nSPS) is 24.1. The lowest BCUT2D eigenvalue weighted by atomic mass is 9.89. The molecular formula is C18H29NO5Si. The maximum atomic E-state index is 12.4. The molecule has 0 saturated carbocycles. The summed E-state index contributed by atoms with van der Waals surface area (Å²) in [7, 11) is 2.74. The number of likely N-dealkylation sites (tertiary alicyclic amines) is 1. The first-order chi connectivity index (χ1) is 11.8. The van der Waals surface area contributed by atoms with Crippen molar-refractivity contribution in [2.24, 2.45) is 0 Å². The lowest BCUT2D eigenvalue weighted by Gasteiger charge is -2.50. The van der Waals surface area contributed by atoms with Crippen LogP contribution in [0.2, 0.25) is 19.6 Å². The van der Waals surface area contributed by atoms with Gasteiger partial charge in [-0.15, -0.1) is 0 Å². The van der Waals surface area contributed by atoms with Gasteiger partial charge in [0.1, 0.15) is 11.8 Å². The monoisotopic (exact) mass is 367 g/mol. The third kappa shape index (κ3) is 4.34. The SMILES string of the molecule is COC(=O)N1CCCC(OC)(O[Si](C)(C)C)C1c1ccc(OC)cc1. The van der Waals surface area contributed by atoms with Gasteiger partial charge in [-0.1, -0.05) is 12.1 Å². The Morgan fingerprint density at radius 3 is 2.28 bits per heavy atom. The minimum atomic E-state index is -1.93. The summed E-state index contributed by atoms with van der Waals surface area (Å²) in [5.74, 6) is -0.121. The average Bonchev–Trinajstić information content (AvgIpc) is 2.59. The van der Waals surface area contributed by atoms with Crippen LogP contribution in [-0.2, 0) is 13.9 Å². The summed E-state index contributed by atoms with van der Waals surface area (Å²) in [6.45, 7) is 6.96. The number of benzene rings is 1. The van der Waals surface area contributed by atoms with Crippen molar-refractivity contribution in [3.63, 3.8) is 0 Å². The molecule has 1 aromatic carbocycles. The number of hydrogen-bond donors (Lipinski definition) is 0. The number of piperidine rings is 1. The van der Waals surface area contributed by atoms with Crippen molar-refractivity contribution < 1.29 is 23.4 Å². The first kappa shape index (κ1) is 19.7. The van der Waals surface area contributed by atoms with Crippen LogP contribution >= 0.6 is 0 Å². The van der Waals surface area contributed by atoms with E-state index in [9.17, 15) is 4.79 Å². The van der Waals surface area contributed by atoms with Gasteiger partial charge in [-0.05, 0) is 43.8 Å². The summed E-state index contributed by atoms with van der Waals surface area (Å²) >= 11 is 0. The Kier molecular flexibility index (Phi) is 6.13. The number of amides is 1. The molecule has 1 saturated heterocycles. The molecule has 140 valence electrons. The zero-order chi connectivity index (χ0) is 18.7. The molecule has 1 heterocycles. The van der Waals surface area contributed by atoms with Crippen molar-refractivity contribution in [1.29, 1.82) is 0 Å². The van der Waals surface area contributed by atoms with Gasteiger partial charge in [-0.25, -0.2) is 4.79 Å². The zero-order valence-electron chi connectivity index (χ0n) is 16.0. The average molecular weight is 368 g/mol. The lowest BCUT2D eigenvalue weighted by Crippen LogP contribution is -2.58. The van der Waals surface area contributed by atoms with E-state index in [0.29, 0.717) is 6.54 Å². The molecule has 25 heavy (non-hydrogen) atoms. The zero-order valence-corrected chi connectivity index (χ0v) is 17.0. The highest BCUT2D eigenvalue weighted by Gasteiger charge is 2.51. The molecule has 1 fully saturated rings. The van der Waals surface area contributed by atoms with E-state index in [1.165, 1.54) is 7.11 Å². The molecule has 0 spiro atoms. The maximum Gasteiger partial charge on any atom is 0.410 e. The van der Waals surface area contributed by atoms with Gasteiger partial charge in [0.05, 0.1) is 14.2 Å². The largest absolute Gasteiger partial charge is 0.497 e. The minimum Gasteiger partial charge on any atom is -0.497 e. The number of carbonyl (C=O) groups excluding carboxylic acids is 1. The predicted octanol–water partition coefficient (Wildman–Crippen LogP) is 3.79. The van der Waals surface area contributed by atoms with Gasteiger partial charge in [0.25, 0.3) is 0 Å². The summed E-state index contributed by atoms with van der Waals surface area (Å²) < 4.78 is 22.7. The van der Waals surface area contributed by atoms with Crippen LogP contribution in [0, 0.1) is 0 Å². The van der Waals surface area contributed by atoms with E-state index >= 15 is 0 Å². The molecule has 0 bridgehead atoms. The van der Waals surface area contributed by atoms with E-state index in [-0.39, 0.29) is 12.1 Å². The third-order valence-corrected chi connectivity index (χ3v) is 5.28. The van der Waals surface area contributed by atoms with Crippen LogP contribution in [0.4, 0.5) is 4.79 Å².